The van der Waals surface area contributed by atoms with E-state index in [1.54, 1.807) is 6.33 Å². The van der Waals surface area contributed by atoms with Crippen LogP contribution in [-0.4, -0.2) is 46.5 Å². The molecular formula is C14H16N4O. The largest absolute Gasteiger partial charge is 0.345 e. The van der Waals surface area contributed by atoms with Crippen molar-refractivity contribution in [1.82, 2.24) is 20.2 Å². The first-order chi connectivity index (χ1) is 9.33. The van der Waals surface area contributed by atoms with Crippen LogP contribution in [0.4, 0.5) is 0 Å². The van der Waals surface area contributed by atoms with Crippen LogP contribution in [0.2, 0.25) is 0 Å². The van der Waals surface area contributed by atoms with Gasteiger partial charge < -0.3 is 15.2 Å². The molecule has 2 fully saturated rings. The highest BCUT2D eigenvalue weighted by Gasteiger charge is 2.40. The fourth-order valence-electron chi connectivity index (χ4n) is 3.34. The van der Waals surface area contributed by atoms with Crippen molar-refractivity contribution in [2.45, 2.75) is 12.5 Å². The van der Waals surface area contributed by atoms with Crippen LogP contribution in [0.15, 0.2) is 24.5 Å². The Kier molecular flexibility index (Phi) is 2.35. The summed E-state index contributed by atoms with van der Waals surface area (Å²) in [6, 6.07) is 6.06. The molecule has 0 saturated carbocycles. The maximum atomic E-state index is 12.6. The first-order valence-corrected chi connectivity index (χ1v) is 6.78. The standard InChI is InChI=1S/C14H16N4O/c19-14(18-4-3-10-6-15-7-13(10)18)9-1-2-11-12(5-9)17-8-16-11/h1-2,5,8,10,13,15H,3-4,6-7H2,(H,16,17)/t10-,13+/m0/s1. The summed E-state index contributed by atoms with van der Waals surface area (Å²) in [6.07, 6.45) is 2.78. The van der Waals surface area contributed by atoms with Crippen molar-refractivity contribution in [1.29, 1.82) is 0 Å². The molecule has 2 aliphatic rings. The molecule has 2 N–H and O–H groups in total. The number of carbonyl (C=O) groups excluding carboxylic acids is 1. The minimum absolute atomic E-state index is 0.146. The Labute approximate surface area is 111 Å². The first kappa shape index (κ1) is 11.0. The van der Waals surface area contributed by atoms with E-state index < -0.39 is 0 Å². The van der Waals surface area contributed by atoms with Crippen LogP contribution in [0, 0.1) is 5.92 Å². The molecule has 2 aliphatic heterocycles. The third-order valence-electron chi connectivity index (χ3n) is 4.37. The number of amides is 1. The highest BCUT2D eigenvalue weighted by molar-refractivity contribution is 5.97. The van der Waals surface area contributed by atoms with Crippen LogP contribution in [0.5, 0.6) is 0 Å². The van der Waals surface area contributed by atoms with Gasteiger partial charge in [0.1, 0.15) is 0 Å². The predicted octanol–water partition coefficient (Wildman–Crippen LogP) is 0.997. The monoisotopic (exact) mass is 256 g/mol. The van der Waals surface area contributed by atoms with Crippen molar-refractivity contribution in [3.8, 4) is 0 Å². The van der Waals surface area contributed by atoms with E-state index in [0.717, 1.165) is 42.7 Å². The van der Waals surface area contributed by atoms with Crippen molar-refractivity contribution in [3.05, 3.63) is 30.1 Å². The molecule has 0 spiro atoms. The number of likely N-dealkylation sites (tertiary alicyclic amines) is 1. The molecule has 0 unspecified atom stereocenters. The lowest BCUT2D eigenvalue weighted by Crippen LogP contribution is -2.39. The Balaban J connectivity index is 1.65. The highest BCUT2D eigenvalue weighted by Crippen LogP contribution is 2.28. The lowest BCUT2D eigenvalue weighted by molar-refractivity contribution is 0.0737. The van der Waals surface area contributed by atoms with E-state index in [0.29, 0.717) is 12.0 Å². The van der Waals surface area contributed by atoms with Crippen LogP contribution in [0.1, 0.15) is 16.8 Å². The van der Waals surface area contributed by atoms with Gasteiger partial charge in [-0.05, 0) is 30.5 Å². The van der Waals surface area contributed by atoms with E-state index in [2.05, 4.69) is 15.3 Å². The highest BCUT2D eigenvalue weighted by atomic mass is 16.2. The lowest BCUT2D eigenvalue weighted by atomic mass is 10.0. The first-order valence-electron chi connectivity index (χ1n) is 6.78. The molecule has 1 aromatic carbocycles. The Hall–Kier alpha value is -1.88. The van der Waals surface area contributed by atoms with Crippen molar-refractivity contribution in [3.63, 3.8) is 0 Å². The molecule has 0 radical (unpaired) electrons. The van der Waals surface area contributed by atoms with Gasteiger partial charge in [0.05, 0.1) is 17.4 Å². The van der Waals surface area contributed by atoms with Crippen LogP contribution >= 0.6 is 0 Å². The number of hydrogen-bond donors (Lipinski definition) is 2. The lowest BCUT2D eigenvalue weighted by Gasteiger charge is -2.23. The van der Waals surface area contributed by atoms with Gasteiger partial charge in [-0.3, -0.25) is 4.79 Å². The van der Waals surface area contributed by atoms with E-state index in [1.165, 1.54) is 0 Å². The quantitative estimate of drug-likeness (QED) is 0.800. The summed E-state index contributed by atoms with van der Waals surface area (Å²) in [5.41, 5.74) is 2.58. The summed E-state index contributed by atoms with van der Waals surface area (Å²) in [7, 11) is 0. The van der Waals surface area contributed by atoms with E-state index in [-0.39, 0.29) is 5.91 Å². The number of benzene rings is 1. The average Bonchev–Trinajstić information content (AvgIpc) is 3.12. The van der Waals surface area contributed by atoms with E-state index >= 15 is 0 Å². The summed E-state index contributed by atoms with van der Waals surface area (Å²) in [5, 5.41) is 3.38. The fourth-order valence-corrected chi connectivity index (χ4v) is 3.34. The molecule has 5 nitrogen and oxygen atoms in total. The smallest absolute Gasteiger partial charge is 0.254 e. The van der Waals surface area contributed by atoms with Gasteiger partial charge in [0.15, 0.2) is 0 Å². The van der Waals surface area contributed by atoms with Gasteiger partial charge in [-0.15, -0.1) is 0 Å². The van der Waals surface area contributed by atoms with Gasteiger partial charge >= 0.3 is 0 Å². The topological polar surface area (TPSA) is 61.0 Å². The fraction of sp³-hybridized carbons (Fsp3) is 0.429. The third kappa shape index (κ3) is 1.65. The number of nitrogens with zero attached hydrogens (tertiary/aromatic N) is 2. The molecule has 98 valence electrons. The molecule has 1 aromatic heterocycles. The zero-order valence-corrected chi connectivity index (χ0v) is 10.6. The summed E-state index contributed by atoms with van der Waals surface area (Å²) < 4.78 is 0. The zero-order chi connectivity index (χ0) is 12.8. The van der Waals surface area contributed by atoms with Gasteiger partial charge in [0.2, 0.25) is 0 Å². The normalized spacial score (nSPS) is 26.0. The predicted molar refractivity (Wildman–Crippen MR) is 71.9 cm³/mol. The molecule has 5 heteroatoms. The molecule has 1 amide bonds. The second kappa shape index (κ2) is 4.06. The number of nitrogens with one attached hydrogen (secondary N) is 2. The number of rotatable bonds is 1. The average molecular weight is 256 g/mol. The van der Waals surface area contributed by atoms with Crippen molar-refractivity contribution in [2.24, 2.45) is 5.92 Å². The van der Waals surface area contributed by atoms with Crippen molar-refractivity contribution in [2.75, 3.05) is 19.6 Å². The van der Waals surface area contributed by atoms with Crippen LogP contribution in [-0.2, 0) is 0 Å². The van der Waals surface area contributed by atoms with Gasteiger partial charge in [-0.25, -0.2) is 4.98 Å². The Morgan fingerprint density at radius 3 is 3.26 bits per heavy atom. The number of imidazole rings is 1. The maximum Gasteiger partial charge on any atom is 0.254 e. The summed E-state index contributed by atoms with van der Waals surface area (Å²) >= 11 is 0. The SMILES string of the molecule is O=C(c1ccc2nc[nH]c2c1)N1CC[C@H]2CNC[C@H]21. The number of H-pyrrole nitrogens is 1. The second-order valence-corrected chi connectivity index (χ2v) is 5.41. The molecule has 0 aliphatic carbocycles. The van der Waals surface area contributed by atoms with E-state index in [4.69, 9.17) is 0 Å². The van der Waals surface area contributed by atoms with Crippen LogP contribution in [0.3, 0.4) is 0 Å². The number of aromatic amines is 1. The molecule has 3 heterocycles. The molecule has 2 atom stereocenters. The van der Waals surface area contributed by atoms with Gasteiger partial charge in [0, 0.05) is 31.2 Å². The molecule has 2 aromatic rings. The maximum absolute atomic E-state index is 12.6. The zero-order valence-electron chi connectivity index (χ0n) is 10.6. The van der Waals surface area contributed by atoms with Gasteiger partial charge in [-0.2, -0.15) is 0 Å². The number of aromatic nitrogens is 2. The van der Waals surface area contributed by atoms with Gasteiger partial charge in [0.25, 0.3) is 5.91 Å². The van der Waals surface area contributed by atoms with Crippen LogP contribution in [0.25, 0.3) is 11.0 Å². The Bertz CT molecular complexity index is 635. The number of carbonyl (C=O) groups is 1. The Morgan fingerprint density at radius 2 is 2.32 bits per heavy atom. The molecule has 4 rings (SSSR count). The summed E-state index contributed by atoms with van der Waals surface area (Å²) in [5.74, 6) is 0.785. The molecule has 19 heavy (non-hydrogen) atoms. The van der Waals surface area contributed by atoms with E-state index in [1.807, 2.05) is 23.1 Å². The second-order valence-electron chi connectivity index (χ2n) is 5.41. The summed E-state index contributed by atoms with van der Waals surface area (Å²) in [6.45, 7) is 2.87. The third-order valence-corrected chi connectivity index (χ3v) is 4.37. The number of fused-ring (bicyclic) bond motifs is 2. The minimum atomic E-state index is 0.146. The Morgan fingerprint density at radius 1 is 1.37 bits per heavy atom. The molecule has 2 saturated heterocycles. The summed E-state index contributed by atoms with van der Waals surface area (Å²) in [4.78, 5) is 21.9. The van der Waals surface area contributed by atoms with Crippen molar-refractivity contribution < 1.29 is 4.79 Å². The van der Waals surface area contributed by atoms with Crippen LogP contribution < -0.4 is 5.32 Å². The van der Waals surface area contributed by atoms with E-state index in [9.17, 15) is 4.79 Å². The van der Waals surface area contributed by atoms with Gasteiger partial charge in [-0.1, -0.05) is 0 Å². The molecule has 0 bridgehead atoms. The molecular weight excluding hydrogens is 240 g/mol. The minimum Gasteiger partial charge on any atom is -0.345 e. The number of hydrogen-bond acceptors (Lipinski definition) is 3. The van der Waals surface area contributed by atoms with Crippen molar-refractivity contribution >= 4 is 16.9 Å².